The molecule has 0 radical (unpaired) electrons. The lowest BCUT2D eigenvalue weighted by molar-refractivity contribution is 0.753. The van der Waals surface area contributed by atoms with Crippen LogP contribution in [0.25, 0.3) is 11.2 Å². The molecule has 0 spiro atoms. The van der Waals surface area contributed by atoms with Gasteiger partial charge in [-0.1, -0.05) is 0 Å². The van der Waals surface area contributed by atoms with Crippen molar-refractivity contribution < 1.29 is 0 Å². The summed E-state index contributed by atoms with van der Waals surface area (Å²) in [6.07, 6.45) is 1.62. The van der Waals surface area contributed by atoms with Crippen molar-refractivity contribution in [2.45, 2.75) is 6.54 Å². The number of imidazole rings is 1. The molecular formula is C9H8N4O. The molecule has 0 saturated heterocycles. The standard InChI is InChI=1S/C9H8N4O/c1-12-8-7(3-2-5-11-8)13(6-4-10)9(12)14/h2-3,5H,6H2,1H3. The molecular weight excluding hydrogens is 180 g/mol. The van der Waals surface area contributed by atoms with Gasteiger partial charge in [0.1, 0.15) is 6.54 Å². The zero-order chi connectivity index (χ0) is 10.1. The molecule has 0 aliphatic rings. The monoisotopic (exact) mass is 188 g/mol. The van der Waals surface area contributed by atoms with Gasteiger partial charge in [-0.05, 0) is 12.1 Å². The van der Waals surface area contributed by atoms with Gasteiger partial charge in [-0.15, -0.1) is 0 Å². The van der Waals surface area contributed by atoms with Crippen molar-refractivity contribution in [2.75, 3.05) is 0 Å². The van der Waals surface area contributed by atoms with Crippen molar-refractivity contribution in [1.82, 2.24) is 14.1 Å². The van der Waals surface area contributed by atoms with Crippen LogP contribution in [0, 0.1) is 11.3 Å². The Hall–Kier alpha value is -2.09. The average molecular weight is 188 g/mol. The predicted octanol–water partition coefficient (Wildman–Crippen LogP) is 0.259. The highest BCUT2D eigenvalue weighted by atomic mass is 16.1. The largest absolute Gasteiger partial charge is 0.330 e. The molecule has 2 rings (SSSR count). The Bertz CT molecular complexity index is 572. The molecule has 2 aromatic rings. The summed E-state index contributed by atoms with van der Waals surface area (Å²) >= 11 is 0. The van der Waals surface area contributed by atoms with E-state index in [0.29, 0.717) is 11.2 Å². The minimum Gasteiger partial charge on any atom is -0.279 e. The van der Waals surface area contributed by atoms with Gasteiger partial charge in [0.2, 0.25) is 0 Å². The third kappa shape index (κ3) is 1.01. The first-order chi connectivity index (χ1) is 6.75. The Morgan fingerprint density at radius 3 is 3.14 bits per heavy atom. The molecule has 5 heteroatoms. The zero-order valence-corrected chi connectivity index (χ0v) is 7.64. The van der Waals surface area contributed by atoms with Crippen LogP contribution in [0.2, 0.25) is 0 Å². The van der Waals surface area contributed by atoms with E-state index in [-0.39, 0.29) is 12.2 Å². The number of hydrogen-bond acceptors (Lipinski definition) is 3. The quantitative estimate of drug-likeness (QED) is 0.644. The Morgan fingerprint density at radius 1 is 1.64 bits per heavy atom. The highest BCUT2D eigenvalue weighted by Crippen LogP contribution is 2.07. The summed E-state index contributed by atoms with van der Waals surface area (Å²) in [5, 5.41) is 8.57. The first-order valence-corrected chi connectivity index (χ1v) is 4.13. The second-order valence-corrected chi connectivity index (χ2v) is 2.93. The van der Waals surface area contributed by atoms with E-state index in [1.54, 1.807) is 25.4 Å². The maximum absolute atomic E-state index is 11.6. The molecule has 0 aromatic carbocycles. The molecule has 0 aliphatic heterocycles. The summed E-state index contributed by atoms with van der Waals surface area (Å²) in [4.78, 5) is 15.7. The molecule has 2 aromatic heterocycles. The second-order valence-electron chi connectivity index (χ2n) is 2.93. The van der Waals surface area contributed by atoms with Crippen LogP contribution in [0.5, 0.6) is 0 Å². The van der Waals surface area contributed by atoms with Crippen molar-refractivity contribution in [3.05, 3.63) is 28.8 Å². The van der Waals surface area contributed by atoms with Crippen LogP contribution >= 0.6 is 0 Å². The van der Waals surface area contributed by atoms with Crippen LogP contribution in [0.15, 0.2) is 23.1 Å². The lowest BCUT2D eigenvalue weighted by atomic mass is 10.4. The van der Waals surface area contributed by atoms with Crippen LogP contribution in [-0.2, 0) is 13.6 Å². The van der Waals surface area contributed by atoms with Crippen LogP contribution in [-0.4, -0.2) is 14.1 Å². The summed E-state index contributed by atoms with van der Waals surface area (Å²) in [6, 6.07) is 5.48. The number of nitriles is 1. The predicted molar refractivity (Wildman–Crippen MR) is 50.6 cm³/mol. The molecule has 0 saturated carbocycles. The summed E-state index contributed by atoms with van der Waals surface area (Å²) in [5.74, 6) is 0. The smallest absolute Gasteiger partial charge is 0.279 e. The SMILES string of the molecule is Cn1c(=O)n(CC#N)c2cccnc21. The minimum absolute atomic E-state index is 0.0574. The van der Waals surface area contributed by atoms with Crippen LogP contribution in [0.4, 0.5) is 0 Å². The highest BCUT2D eigenvalue weighted by molar-refractivity contribution is 5.71. The number of pyridine rings is 1. The van der Waals surface area contributed by atoms with Crippen molar-refractivity contribution >= 4 is 11.2 Å². The molecule has 0 unspecified atom stereocenters. The van der Waals surface area contributed by atoms with Gasteiger partial charge in [0.05, 0.1) is 11.6 Å². The molecule has 0 N–H and O–H groups in total. The van der Waals surface area contributed by atoms with E-state index in [2.05, 4.69) is 4.98 Å². The van der Waals surface area contributed by atoms with E-state index in [1.807, 2.05) is 6.07 Å². The minimum atomic E-state index is -0.208. The molecule has 70 valence electrons. The van der Waals surface area contributed by atoms with Crippen molar-refractivity contribution in [2.24, 2.45) is 7.05 Å². The van der Waals surface area contributed by atoms with Gasteiger partial charge in [-0.25, -0.2) is 9.78 Å². The Morgan fingerprint density at radius 2 is 2.43 bits per heavy atom. The number of aromatic nitrogens is 3. The summed E-state index contributed by atoms with van der Waals surface area (Å²) in [5.41, 5.74) is 1.09. The van der Waals surface area contributed by atoms with E-state index in [1.165, 1.54) is 9.13 Å². The zero-order valence-electron chi connectivity index (χ0n) is 7.64. The average Bonchev–Trinajstić information content (AvgIpc) is 2.45. The lowest BCUT2D eigenvalue weighted by Gasteiger charge is -1.92. The summed E-state index contributed by atoms with van der Waals surface area (Å²) < 4.78 is 2.84. The summed E-state index contributed by atoms with van der Waals surface area (Å²) in [7, 11) is 1.64. The van der Waals surface area contributed by atoms with Gasteiger partial charge in [0.15, 0.2) is 5.65 Å². The first kappa shape index (κ1) is 8.51. The van der Waals surface area contributed by atoms with E-state index in [9.17, 15) is 4.79 Å². The first-order valence-electron chi connectivity index (χ1n) is 4.13. The lowest BCUT2D eigenvalue weighted by Crippen LogP contribution is -2.21. The Kier molecular flexibility index (Phi) is 1.82. The van der Waals surface area contributed by atoms with Gasteiger partial charge in [0.25, 0.3) is 0 Å². The molecule has 0 atom stereocenters. The number of rotatable bonds is 1. The molecule has 0 fully saturated rings. The fraction of sp³-hybridized carbons (Fsp3) is 0.222. The van der Waals surface area contributed by atoms with Crippen LogP contribution in [0.3, 0.4) is 0 Å². The van der Waals surface area contributed by atoms with Crippen LogP contribution in [0.1, 0.15) is 0 Å². The van der Waals surface area contributed by atoms with Crippen molar-refractivity contribution in [1.29, 1.82) is 5.26 Å². The maximum atomic E-state index is 11.6. The molecule has 14 heavy (non-hydrogen) atoms. The summed E-state index contributed by atoms with van der Waals surface area (Å²) in [6.45, 7) is 0.0574. The van der Waals surface area contributed by atoms with E-state index in [4.69, 9.17) is 5.26 Å². The molecule has 5 nitrogen and oxygen atoms in total. The fourth-order valence-electron chi connectivity index (χ4n) is 1.46. The molecule has 0 aliphatic carbocycles. The topological polar surface area (TPSA) is 63.6 Å². The van der Waals surface area contributed by atoms with Gasteiger partial charge >= 0.3 is 5.69 Å². The highest BCUT2D eigenvalue weighted by Gasteiger charge is 2.09. The van der Waals surface area contributed by atoms with Gasteiger partial charge in [-0.2, -0.15) is 5.26 Å². The number of hydrogen-bond donors (Lipinski definition) is 0. The Balaban J connectivity index is 2.89. The normalized spacial score (nSPS) is 10.3. The third-order valence-electron chi connectivity index (χ3n) is 2.12. The van der Waals surface area contributed by atoms with Gasteiger partial charge in [0, 0.05) is 13.2 Å². The fourth-order valence-corrected chi connectivity index (χ4v) is 1.46. The number of aryl methyl sites for hydroxylation is 1. The van der Waals surface area contributed by atoms with E-state index < -0.39 is 0 Å². The van der Waals surface area contributed by atoms with Crippen molar-refractivity contribution in [3.63, 3.8) is 0 Å². The number of nitrogens with zero attached hydrogens (tertiary/aromatic N) is 4. The Labute approximate surface area is 79.8 Å². The molecule has 2 heterocycles. The van der Waals surface area contributed by atoms with E-state index in [0.717, 1.165) is 0 Å². The van der Waals surface area contributed by atoms with E-state index >= 15 is 0 Å². The second kappa shape index (κ2) is 3.00. The molecule has 0 bridgehead atoms. The van der Waals surface area contributed by atoms with Gasteiger partial charge < -0.3 is 0 Å². The van der Waals surface area contributed by atoms with Crippen LogP contribution < -0.4 is 5.69 Å². The van der Waals surface area contributed by atoms with Gasteiger partial charge in [-0.3, -0.25) is 9.13 Å². The van der Waals surface area contributed by atoms with Crippen molar-refractivity contribution in [3.8, 4) is 6.07 Å². The number of fused-ring (bicyclic) bond motifs is 1. The molecule has 0 amide bonds. The maximum Gasteiger partial charge on any atom is 0.330 e. The third-order valence-corrected chi connectivity index (χ3v) is 2.12.